The van der Waals surface area contributed by atoms with Crippen LogP contribution in [0.1, 0.15) is 52.6 Å². The lowest BCUT2D eigenvalue weighted by Crippen LogP contribution is -2.23. The molecule has 0 aliphatic heterocycles. The number of benzene rings is 1. The summed E-state index contributed by atoms with van der Waals surface area (Å²) in [5.74, 6) is 1.08. The van der Waals surface area contributed by atoms with Crippen molar-refractivity contribution in [2.24, 2.45) is 0 Å². The molecule has 3 rings (SSSR count). The van der Waals surface area contributed by atoms with Gasteiger partial charge in [-0.15, -0.1) is 0 Å². The molecule has 1 N–H and O–H groups in total. The van der Waals surface area contributed by atoms with Gasteiger partial charge in [0.15, 0.2) is 5.82 Å². The number of aryl methyl sites for hydroxylation is 2. The fourth-order valence-corrected chi connectivity index (χ4v) is 2.81. The van der Waals surface area contributed by atoms with E-state index in [0.717, 1.165) is 17.0 Å². The number of amides is 1. The van der Waals surface area contributed by atoms with Crippen LogP contribution in [-0.4, -0.2) is 20.7 Å². The van der Waals surface area contributed by atoms with Crippen molar-refractivity contribution in [2.75, 3.05) is 0 Å². The van der Waals surface area contributed by atoms with E-state index in [1.165, 1.54) is 5.56 Å². The van der Waals surface area contributed by atoms with Crippen LogP contribution in [0.2, 0.25) is 0 Å². The minimum absolute atomic E-state index is 0.134. The quantitative estimate of drug-likeness (QED) is 0.760. The molecule has 0 saturated carbocycles. The average molecular weight is 348 g/mol. The Morgan fingerprint density at radius 2 is 1.85 bits per heavy atom. The van der Waals surface area contributed by atoms with Crippen molar-refractivity contribution in [2.45, 2.75) is 40.2 Å². The van der Waals surface area contributed by atoms with Gasteiger partial charge in [-0.1, -0.05) is 38.1 Å². The molecule has 0 bridgehead atoms. The second kappa shape index (κ2) is 7.52. The Balaban J connectivity index is 1.64. The molecule has 0 aliphatic carbocycles. The summed E-state index contributed by atoms with van der Waals surface area (Å²) in [4.78, 5) is 16.7. The largest absolute Gasteiger partial charge is 0.348 e. The number of hydrogen-bond acceptors (Lipinski definition) is 3. The van der Waals surface area contributed by atoms with E-state index < -0.39 is 0 Å². The number of nitrogens with one attached hydrogen (secondary N) is 1. The van der Waals surface area contributed by atoms with Gasteiger partial charge in [0.2, 0.25) is 0 Å². The first-order valence-electron chi connectivity index (χ1n) is 8.81. The lowest BCUT2D eigenvalue weighted by atomic mass is 10.0. The number of carbonyl (C=O) groups excluding carboxylic acids is 1. The molecule has 0 unspecified atom stereocenters. The van der Waals surface area contributed by atoms with Crippen molar-refractivity contribution in [3.63, 3.8) is 0 Å². The molecule has 2 heterocycles. The van der Waals surface area contributed by atoms with Crippen molar-refractivity contribution in [1.82, 2.24) is 20.1 Å². The van der Waals surface area contributed by atoms with E-state index in [-0.39, 0.29) is 5.91 Å². The third-order valence-electron chi connectivity index (χ3n) is 4.34. The monoisotopic (exact) mass is 348 g/mol. The fourth-order valence-electron chi connectivity index (χ4n) is 2.81. The zero-order valence-electron chi connectivity index (χ0n) is 15.7. The van der Waals surface area contributed by atoms with Gasteiger partial charge in [0.1, 0.15) is 0 Å². The Morgan fingerprint density at radius 3 is 2.38 bits per heavy atom. The number of pyridine rings is 1. The predicted octanol–water partition coefficient (Wildman–Crippen LogP) is 3.94. The Kier molecular flexibility index (Phi) is 5.16. The van der Waals surface area contributed by atoms with Crippen LogP contribution < -0.4 is 5.32 Å². The summed E-state index contributed by atoms with van der Waals surface area (Å²) in [6.07, 6.45) is 1.59. The molecule has 0 atom stereocenters. The molecule has 3 aromatic rings. The smallest absolute Gasteiger partial charge is 0.253 e. The minimum Gasteiger partial charge on any atom is -0.348 e. The molecule has 0 saturated heterocycles. The Labute approximate surface area is 154 Å². The molecule has 5 nitrogen and oxygen atoms in total. The van der Waals surface area contributed by atoms with Gasteiger partial charge in [0.25, 0.3) is 5.91 Å². The summed E-state index contributed by atoms with van der Waals surface area (Å²) < 4.78 is 1.77. The Morgan fingerprint density at radius 1 is 1.12 bits per heavy atom. The van der Waals surface area contributed by atoms with E-state index in [9.17, 15) is 4.79 Å². The highest BCUT2D eigenvalue weighted by molar-refractivity contribution is 5.93. The molecule has 1 aromatic carbocycles. The van der Waals surface area contributed by atoms with Crippen molar-refractivity contribution >= 4 is 5.91 Å². The molecule has 0 fully saturated rings. The summed E-state index contributed by atoms with van der Waals surface area (Å²) in [6.45, 7) is 8.75. The van der Waals surface area contributed by atoms with Gasteiger partial charge in [-0.05, 0) is 49.1 Å². The third-order valence-corrected chi connectivity index (χ3v) is 4.34. The van der Waals surface area contributed by atoms with E-state index in [1.807, 2.05) is 26.0 Å². The number of aromatic nitrogens is 3. The van der Waals surface area contributed by atoms with Gasteiger partial charge in [-0.25, -0.2) is 9.67 Å². The van der Waals surface area contributed by atoms with Crippen LogP contribution in [0.5, 0.6) is 0 Å². The van der Waals surface area contributed by atoms with Gasteiger partial charge >= 0.3 is 0 Å². The van der Waals surface area contributed by atoms with E-state index in [0.29, 0.717) is 23.8 Å². The van der Waals surface area contributed by atoms with E-state index in [2.05, 4.69) is 53.5 Å². The molecular formula is C21H24N4O. The maximum atomic E-state index is 12.3. The highest BCUT2D eigenvalue weighted by atomic mass is 16.1. The molecule has 0 aliphatic rings. The molecule has 2 aromatic heterocycles. The minimum atomic E-state index is -0.134. The molecular weight excluding hydrogens is 324 g/mol. The maximum absolute atomic E-state index is 12.3. The third kappa shape index (κ3) is 3.99. The molecule has 1 amide bonds. The summed E-state index contributed by atoms with van der Waals surface area (Å²) in [7, 11) is 0. The van der Waals surface area contributed by atoms with Crippen LogP contribution in [0.25, 0.3) is 5.82 Å². The SMILES string of the molecule is Cc1cc(C)n(-c2ccc(C(=O)NCc3ccc(C(C)C)cc3)cn2)n1. The first kappa shape index (κ1) is 17.9. The van der Waals surface area contributed by atoms with Gasteiger partial charge in [0.05, 0.1) is 11.3 Å². The highest BCUT2D eigenvalue weighted by Gasteiger charge is 2.09. The fraction of sp³-hybridized carbons (Fsp3) is 0.286. The maximum Gasteiger partial charge on any atom is 0.253 e. The first-order valence-corrected chi connectivity index (χ1v) is 8.81. The van der Waals surface area contributed by atoms with Crippen molar-refractivity contribution in [3.8, 4) is 5.82 Å². The number of nitrogens with zero attached hydrogens (tertiary/aromatic N) is 3. The Bertz CT molecular complexity index is 893. The Hall–Kier alpha value is -2.95. The van der Waals surface area contributed by atoms with Crippen molar-refractivity contribution < 1.29 is 4.79 Å². The van der Waals surface area contributed by atoms with Crippen LogP contribution >= 0.6 is 0 Å². The van der Waals surface area contributed by atoms with Gasteiger partial charge in [-0.2, -0.15) is 5.10 Å². The van der Waals surface area contributed by atoms with Crippen molar-refractivity contribution in [1.29, 1.82) is 0 Å². The van der Waals surface area contributed by atoms with E-state index in [1.54, 1.807) is 16.9 Å². The lowest BCUT2D eigenvalue weighted by molar-refractivity contribution is 0.0950. The average Bonchev–Trinajstić information content (AvgIpc) is 2.98. The zero-order chi connectivity index (χ0) is 18.7. The van der Waals surface area contributed by atoms with Crippen LogP contribution in [0.3, 0.4) is 0 Å². The predicted molar refractivity (Wildman–Crippen MR) is 103 cm³/mol. The lowest BCUT2D eigenvalue weighted by Gasteiger charge is -2.09. The molecule has 5 heteroatoms. The van der Waals surface area contributed by atoms with Crippen LogP contribution in [0.15, 0.2) is 48.7 Å². The molecule has 26 heavy (non-hydrogen) atoms. The summed E-state index contributed by atoms with van der Waals surface area (Å²) in [5.41, 5.74) is 4.86. The van der Waals surface area contributed by atoms with Crippen LogP contribution in [0, 0.1) is 13.8 Å². The molecule has 0 radical (unpaired) electrons. The summed E-state index contributed by atoms with van der Waals surface area (Å²) in [5, 5.41) is 7.34. The second-order valence-corrected chi connectivity index (χ2v) is 6.82. The second-order valence-electron chi connectivity index (χ2n) is 6.82. The van der Waals surface area contributed by atoms with Gasteiger partial charge < -0.3 is 5.32 Å². The van der Waals surface area contributed by atoms with Crippen molar-refractivity contribution in [3.05, 3.63) is 76.7 Å². The van der Waals surface area contributed by atoms with Crippen LogP contribution in [0.4, 0.5) is 0 Å². The summed E-state index contributed by atoms with van der Waals surface area (Å²) >= 11 is 0. The number of hydrogen-bond donors (Lipinski definition) is 1. The topological polar surface area (TPSA) is 59.8 Å². The van der Waals surface area contributed by atoms with E-state index >= 15 is 0 Å². The normalized spacial score (nSPS) is 11.0. The standard InChI is InChI=1S/C21H24N4O/c1-14(2)18-7-5-17(6-8-18)12-23-21(26)19-9-10-20(22-13-19)25-16(4)11-15(3)24-25/h5-11,13-14H,12H2,1-4H3,(H,23,26). The molecule has 0 spiro atoms. The van der Waals surface area contributed by atoms with E-state index in [4.69, 9.17) is 0 Å². The first-order chi connectivity index (χ1) is 12.4. The summed E-state index contributed by atoms with van der Waals surface area (Å²) in [6, 6.07) is 13.9. The van der Waals surface area contributed by atoms with Gasteiger partial charge in [-0.3, -0.25) is 4.79 Å². The highest BCUT2D eigenvalue weighted by Crippen LogP contribution is 2.15. The zero-order valence-corrected chi connectivity index (χ0v) is 15.7. The van der Waals surface area contributed by atoms with Gasteiger partial charge in [0, 0.05) is 18.4 Å². The number of rotatable bonds is 5. The number of carbonyl (C=O) groups is 1. The molecule has 134 valence electrons. The van der Waals surface area contributed by atoms with Crippen LogP contribution in [-0.2, 0) is 6.54 Å².